The average molecular weight is 334 g/mol. The second kappa shape index (κ2) is 9.16. The average Bonchev–Trinajstić information content (AvgIpc) is 2.57. The fraction of sp³-hybridized carbons (Fsp3) is 0.632. The first-order chi connectivity index (χ1) is 11.5. The van der Waals surface area contributed by atoms with E-state index in [4.69, 9.17) is 4.74 Å². The van der Waals surface area contributed by atoms with Crippen molar-refractivity contribution < 1.29 is 14.6 Å². The number of aliphatic hydroxyl groups excluding tert-OH is 1. The minimum absolute atomic E-state index is 0.00294. The highest BCUT2D eigenvalue weighted by Gasteiger charge is 2.22. The van der Waals surface area contributed by atoms with Gasteiger partial charge in [0.05, 0.1) is 12.7 Å². The lowest BCUT2D eigenvalue weighted by molar-refractivity contribution is 0.0309. The van der Waals surface area contributed by atoms with Crippen LogP contribution in [0.15, 0.2) is 24.3 Å². The molecule has 0 saturated carbocycles. The van der Waals surface area contributed by atoms with Gasteiger partial charge in [0.2, 0.25) is 0 Å². The molecule has 2 rings (SSSR count). The number of hydrogen-bond donors (Lipinski definition) is 2. The third kappa shape index (κ3) is 5.58. The zero-order valence-corrected chi connectivity index (χ0v) is 15.0. The lowest BCUT2D eigenvalue weighted by Crippen LogP contribution is -2.47. The standard InChI is InChI=1S/C19H30N2O3/c1-14(2)15-4-6-16(7-5-15)19(23)20-17-8-10-21(11-9-17)12-18(22)13-24-3/h4-7,14,17-18,22H,8-13H2,1-3H3,(H,20,23). The fourth-order valence-corrected chi connectivity index (χ4v) is 3.09. The summed E-state index contributed by atoms with van der Waals surface area (Å²) >= 11 is 0. The molecule has 5 nitrogen and oxygen atoms in total. The van der Waals surface area contributed by atoms with Crippen molar-refractivity contribution in [2.75, 3.05) is 33.4 Å². The van der Waals surface area contributed by atoms with Gasteiger partial charge in [-0.2, -0.15) is 0 Å². The van der Waals surface area contributed by atoms with Crippen LogP contribution in [0.4, 0.5) is 0 Å². The van der Waals surface area contributed by atoms with Crippen LogP contribution in [-0.4, -0.2) is 61.4 Å². The van der Waals surface area contributed by atoms with Crippen molar-refractivity contribution in [3.8, 4) is 0 Å². The van der Waals surface area contributed by atoms with Gasteiger partial charge >= 0.3 is 0 Å². The molecule has 0 spiro atoms. The predicted molar refractivity (Wildman–Crippen MR) is 95.3 cm³/mol. The van der Waals surface area contributed by atoms with Crippen LogP contribution >= 0.6 is 0 Å². The summed E-state index contributed by atoms with van der Waals surface area (Å²) in [4.78, 5) is 14.6. The zero-order chi connectivity index (χ0) is 17.5. The number of nitrogens with zero attached hydrogens (tertiary/aromatic N) is 1. The molecule has 0 bridgehead atoms. The predicted octanol–water partition coefficient (Wildman–Crippen LogP) is 2.01. The molecule has 1 amide bonds. The van der Waals surface area contributed by atoms with Gasteiger partial charge in [0.25, 0.3) is 5.91 Å². The van der Waals surface area contributed by atoms with Crippen LogP contribution in [0, 0.1) is 0 Å². The van der Waals surface area contributed by atoms with Gasteiger partial charge in [-0.25, -0.2) is 0 Å². The summed E-state index contributed by atoms with van der Waals surface area (Å²) in [5, 5.41) is 12.9. The Labute approximate surface area is 145 Å². The van der Waals surface area contributed by atoms with Crippen molar-refractivity contribution >= 4 is 5.91 Å². The molecule has 1 saturated heterocycles. The minimum atomic E-state index is -0.444. The second-order valence-electron chi connectivity index (χ2n) is 6.93. The van der Waals surface area contributed by atoms with E-state index in [0.29, 0.717) is 19.1 Å². The molecular weight excluding hydrogens is 304 g/mol. The number of aliphatic hydroxyl groups is 1. The van der Waals surface area contributed by atoms with Gasteiger partial charge in [-0.15, -0.1) is 0 Å². The maximum atomic E-state index is 12.4. The van der Waals surface area contributed by atoms with Crippen LogP contribution in [0.2, 0.25) is 0 Å². The summed E-state index contributed by atoms with van der Waals surface area (Å²) in [6, 6.07) is 8.07. The van der Waals surface area contributed by atoms with Crippen molar-refractivity contribution in [1.29, 1.82) is 0 Å². The summed E-state index contributed by atoms with van der Waals surface area (Å²) in [5.41, 5.74) is 1.96. The van der Waals surface area contributed by atoms with E-state index in [9.17, 15) is 9.90 Å². The van der Waals surface area contributed by atoms with Crippen molar-refractivity contribution in [2.45, 2.75) is 44.8 Å². The van der Waals surface area contributed by atoms with Crippen LogP contribution in [0.5, 0.6) is 0 Å². The number of rotatable bonds is 7. The highest BCUT2D eigenvalue weighted by molar-refractivity contribution is 5.94. The highest BCUT2D eigenvalue weighted by Crippen LogP contribution is 2.16. The van der Waals surface area contributed by atoms with Crippen molar-refractivity contribution in [1.82, 2.24) is 10.2 Å². The second-order valence-corrected chi connectivity index (χ2v) is 6.93. The largest absolute Gasteiger partial charge is 0.389 e. The molecule has 0 aliphatic carbocycles. The first kappa shape index (κ1) is 18.9. The smallest absolute Gasteiger partial charge is 0.251 e. The van der Waals surface area contributed by atoms with Gasteiger partial charge in [0, 0.05) is 38.3 Å². The van der Waals surface area contributed by atoms with E-state index in [-0.39, 0.29) is 11.9 Å². The number of likely N-dealkylation sites (tertiary alicyclic amines) is 1. The van der Waals surface area contributed by atoms with E-state index in [1.165, 1.54) is 5.56 Å². The number of methoxy groups -OCH3 is 1. The minimum Gasteiger partial charge on any atom is -0.389 e. The molecule has 1 unspecified atom stereocenters. The Morgan fingerprint density at radius 2 is 1.92 bits per heavy atom. The van der Waals surface area contributed by atoms with Crippen LogP contribution in [-0.2, 0) is 4.74 Å². The van der Waals surface area contributed by atoms with Crippen molar-refractivity contribution in [3.63, 3.8) is 0 Å². The van der Waals surface area contributed by atoms with Crippen LogP contribution in [0.25, 0.3) is 0 Å². The Morgan fingerprint density at radius 1 is 1.29 bits per heavy atom. The van der Waals surface area contributed by atoms with Gasteiger partial charge in [0.1, 0.15) is 0 Å². The van der Waals surface area contributed by atoms with Gasteiger partial charge in [-0.3, -0.25) is 4.79 Å². The number of amides is 1. The molecule has 1 heterocycles. The molecule has 0 radical (unpaired) electrons. The maximum absolute atomic E-state index is 12.4. The van der Waals surface area contributed by atoms with Crippen molar-refractivity contribution in [3.05, 3.63) is 35.4 Å². The number of β-amino-alcohol motifs (C(OH)–C–C–N with tert-alkyl or cyclic N) is 1. The molecule has 134 valence electrons. The zero-order valence-electron chi connectivity index (χ0n) is 15.0. The normalized spacial score (nSPS) is 17.9. The molecule has 1 aromatic carbocycles. The van der Waals surface area contributed by atoms with Crippen molar-refractivity contribution in [2.24, 2.45) is 0 Å². The molecular formula is C19H30N2O3. The van der Waals surface area contributed by atoms with Gasteiger partial charge < -0.3 is 20.1 Å². The summed E-state index contributed by atoms with van der Waals surface area (Å²) in [6.45, 7) is 7.06. The van der Waals surface area contributed by atoms with Crippen LogP contribution in [0.3, 0.4) is 0 Å². The Morgan fingerprint density at radius 3 is 2.46 bits per heavy atom. The summed E-state index contributed by atoms with van der Waals surface area (Å²) in [6.07, 6.45) is 1.38. The highest BCUT2D eigenvalue weighted by atomic mass is 16.5. The molecule has 1 fully saturated rings. The van der Waals surface area contributed by atoms with Crippen LogP contribution in [0.1, 0.15) is 48.5 Å². The molecule has 1 aliphatic heterocycles. The first-order valence-corrected chi connectivity index (χ1v) is 8.79. The summed E-state index contributed by atoms with van der Waals surface area (Å²) in [5.74, 6) is 0.475. The Balaban J connectivity index is 1.77. The molecule has 1 aromatic rings. The number of carbonyl (C=O) groups excluding carboxylic acids is 1. The number of piperidine rings is 1. The Hall–Kier alpha value is -1.43. The quantitative estimate of drug-likeness (QED) is 0.801. The SMILES string of the molecule is COCC(O)CN1CCC(NC(=O)c2ccc(C(C)C)cc2)CC1. The summed E-state index contributed by atoms with van der Waals surface area (Å²) < 4.78 is 4.96. The topological polar surface area (TPSA) is 61.8 Å². The first-order valence-electron chi connectivity index (χ1n) is 8.79. The third-order valence-corrected chi connectivity index (χ3v) is 4.59. The lowest BCUT2D eigenvalue weighted by atomic mass is 10.0. The fourth-order valence-electron chi connectivity index (χ4n) is 3.09. The molecule has 0 aromatic heterocycles. The molecule has 24 heavy (non-hydrogen) atoms. The molecule has 5 heteroatoms. The Kier molecular flexibility index (Phi) is 7.21. The number of carbonyl (C=O) groups is 1. The van der Waals surface area contributed by atoms with Crippen LogP contribution < -0.4 is 5.32 Å². The molecule has 1 atom stereocenters. The third-order valence-electron chi connectivity index (χ3n) is 4.59. The number of benzene rings is 1. The van der Waals surface area contributed by atoms with E-state index in [0.717, 1.165) is 31.5 Å². The number of ether oxygens (including phenoxy) is 1. The lowest BCUT2D eigenvalue weighted by Gasteiger charge is -2.33. The summed E-state index contributed by atoms with van der Waals surface area (Å²) in [7, 11) is 1.60. The van der Waals surface area contributed by atoms with E-state index in [2.05, 4.69) is 24.1 Å². The van der Waals surface area contributed by atoms with Gasteiger partial charge in [-0.05, 0) is 36.5 Å². The van der Waals surface area contributed by atoms with Gasteiger partial charge in [0.15, 0.2) is 0 Å². The van der Waals surface area contributed by atoms with E-state index in [1.54, 1.807) is 7.11 Å². The molecule has 2 N–H and O–H groups in total. The van der Waals surface area contributed by atoms with Gasteiger partial charge in [-0.1, -0.05) is 26.0 Å². The van der Waals surface area contributed by atoms with E-state index < -0.39 is 6.10 Å². The number of nitrogens with one attached hydrogen (secondary N) is 1. The Bertz CT molecular complexity index is 508. The monoisotopic (exact) mass is 334 g/mol. The van der Waals surface area contributed by atoms with E-state index in [1.807, 2.05) is 24.3 Å². The number of hydrogen-bond acceptors (Lipinski definition) is 4. The molecule has 1 aliphatic rings. The van der Waals surface area contributed by atoms with E-state index >= 15 is 0 Å². The maximum Gasteiger partial charge on any atom is 0.251 e.